The van der Waals surface area contributed by atoms with E-state index in [-0.39, 0.29) is 17.5 Å². The number of aromatic nitrogens is 2. The van der Waals surface area contributed by atoms with Crippen molar-refractivity contribution in [2.75, 3.05) is 13.1 Å². The van der Waals surface area contributed by atoms with Crippen LogP contribution in [0.1, 0.15) is 18.9 Å². The van der Waals surface area contributed by atoms with Crippen molar-refractivity contribution >= 4 is 11.0 Å². The van der Waals surface area contributed by atoms with Crippen molar-refractivity contribution in [3.05, 3.63) is 28.7 Å². The molecule has 0 unspecified atom stereocenters. The molecular weight excluding hydrogens is 218 g/mol. The van der Waals surface area contributed by atoms with E-state index in [1.54, 1.807) is 18.2 Å². The van der Waals surface area contributed by atoms with Crippen molar-refractivity contribution in [3.63, 3.8) is 0 Å². The van der Waals surface area contributed by atoms with Crippen molar-refractivity contribution in [1.29, 1.82) is 0 Å². The van der Waals surface area contributed by atoms with Crippen molar-refractivity contribution < 1.29 is 5.11 Å². The number of benzene rings is 1. The number of imidazole rings is 1. The van der Waals surface area contributed by atoms with Crippen LogP contribution >= 0.6 is 0 Å². The Morgan fingerprint density at radius 3 is 2.82 bits per heavy atom. The van der Waals surface area contributed by atoms with Gasteiger partial charge in [0.1, 0.15) is 5.75 Å². The molecule has 1 aromatic heterocycles. The second kappa shape index (κ2) is 3.92. The van der Waals surface area contributed by atoms with E-state index in [0.717, 1.165) is 31.4 Å². The lowest BCUT2D eigenvalue weighted by atomic mass is 10.1. The van der Waals surface area contributed by atoms with E-state index in [9.17, 15) is 9.90 Å². The molecule has 1 fully saturated rings. The molecule has 3 N–H and O–H groups in total. The number of H-pyrrole nitrogens is 1. The minimum atomic E-state index is -0.0856. The number of aromatic hydroxyl groups is 1. The number of nitrogens with zero attached hydrogens (tertiary/aromatic N) is 1. The average Bonchev–Trinajstić information content (AvgIpc) is 2.65. The molecule has 1 saturated heterocycles. The minimum Gasteiger partial charge on any atom is -0.508 e. The molecule has 17 heavy (non-hydrogen) atoms. The first kappa shape index (κ1) is 10.4. The van der Waals surface area contributed by atoms with Crippen LogP contribution in [0.25, 0.3) is 11.0 Å². The summed E-state index contributed by atoms with van der Waals surface area (Å²) in [4.78, 5) is 14.7. The normalized spacial score (nSPS) is 17.6. The number of hydrogen-bond acceptors (Lipinski definition) is 3. The van der Waals surface area contributed by atoms with E-state index in [1.165, 1.54) is 0 Å². The van der Waals surface area contributed by atoms with Crippen molar-refractivity contribution in [3.8, 4) is 5.75 Å². The molecule has 5 nitrogen and oxygen atoms in total. The molecule has 5 heteroatoms. The van der Waals surface area contributed by atoms with Gasteiger partial charge in [0.15, 0.2) is 0 Å². The van der Waals surface area contributed by atoms with E-state index in [1.807, 2.05) is 4.57 Å². The van der Waals surface area contributed by atoms with Gasteiger partial charge in [-0.05, 0) is 38.1 Å². The van der Waals surface area contributed by atoms with Gasteiger partial charge in [-0.25, -0.2) is 4.79 Å². The first-order valence-electron chi connectivity index (χ1n) is 5.89. The highest BCUT2D eigenvalue weighted by atomic mass is 16.3. The van der Waals surface area contributed by atoms with E-state index in [4.69, 9.17) is 0 Å². The number of phenolic OH excluding ortho intramolecular Hbond substituents is 1. The molecular formula is C12H15N3O2. The summed E-state index contributed by atoms with van der Waals surface area (Å²) in [5.41, 5.74) is 1.49. The molecule has 90 valence electrons. The summed E-state index contributed by atoms with van der Waals surface area (Å²) >= 11 is 0. The van der Waals surface area contributed by atoms with Gasteiger partial charge in [-0.1, -0.05) is 0 Å². The molecule has 0 amide bonds. The topological polar surface area (TPSA) is 70.0 Å². The van der Waals surface area contributed by atoms with Crippen LogP contribution in [0, 0.1) is 0 Å². The van der Waals surface area contributed by atoms with Gasteiger partial charge < -0.3 is 15.4 Å². The Bertz CT molecular complexity index is 593. The summed E-state index contributed by atoms with van der Waals surface area (Å²) in [7, 11) is 0. The fraction of sp³-hybridized carbons (Fsp3) is 0.417. The Balaban J connectivity index is 2.14. The third-order valence-electron chi connectivity index (χ3n) is 3.37. The third kappa shape index (κ3) is 1.72. The molecule has 1 aliphatic heterocycles. The highest BCUT2D eigenvalue weighted by Gasteiger charge is 2.19. The summed E-state index contributed by atoms with van der Waals surface area (Å²) in [5, 5.41) is 12.7. The van der Waals surface area contributed by atoms with E-state index >= 15 is 0 Å². The monoisotopic (exact) mass is 233 g/mol. The Morgan fingerprint density at radius 1 is 1.29 bits per heavy atom. The van der Waals surface area contributed by atoms with Crippen LogP contribution in [0.4, 0.5) is 0 Å². The fourth-order valence-corrected chi connectivity index (χ4v) is 2.55. The van der Waals surface area contributed by atoms with Crippen molar-refractivity contribution in [2.24, 2.45) is 0 Å². The number of piperidine rings is 1. The summed E-state index contributed by atoms with van der Waals surface area (Å²) < 4.78 is 1.82. The third-order valence-corrected chi connectivity index (χ3v) is 3.37. The van der Waals surface area contributed by atoms with Crippen LogP contribution in [0.2, 0.25) is 0 Å². The lowest BCUT2D eigenvalue weighted by Gasteiger charge is -2.23. The predicted octanol–water partition coefficient (Wildman–Crippen LogP) is 0.960. The fourth-order valence-electron chi connectivity index (χ4n) is 2.55. The molecule has 1 aromatic carbocycles. The summed E-state index contributed by atoms with van der Waals surface area (Å²) in [6.07, 6.45) is 1.93. The Kier molecular flexibility index (Phi) is 2.40. The molecule has 2 aromatic rings. The molecule has 2 heterocycles. The van der Waals surface area contributed by atoms with E-state index in [0.29, 0.717) is 5.52 Å². The summed E-state index contributed by atoms with van der Waals surface area (Å²) in [6.45, 7) is 1.89. The molecule has 3 rings (SSSR count). The second-order valence-corrected chi connectivity index (χ2v) is 4.48. The zero-order valence-corrected chi connectivity index (χ0v) is 9.44. The van der Waals surface area contributed by atoms with Gasteiger partial charge >= 0.3 is 5.69 Å². The van der Waals surface area contributed by atoms with E-state index < -0.39 is 0 Å². The van der Waals surface area contributed by atoms with Gasteiger partial charge in [-0.3, -0.25) is 4.57 Å². The largest absolute Gasteiger partial charge is 0.508 e. The van der Waals surface area contributed by atoms with Crippen molar-refractivity contribution in [2.45, 2.75) is 18.9 Å². The SMILES string of the molecule is O=c1[nH]c2cc(O)ccc2n1C1CCNCC1. The number of phenols is 1. The van der Waals surface area contributed by atoms with Crippen molar-refractivity contribution in [1.82, 2.24) is 14.9 Å². The van der Waals surface area contributed by atoms with Crippen LogP contribution in [0.5, 0.6) is 5.75 Å². The van der Waals surface area contributed by atoms with Gasteiger partial charge in [-0.2, -0.15) is 0 Å². The first-order chi connectivity index (χ1) is 8.25. The van der Waals surface area contributed by atoms with Crippen LogP contribution < -0.4 is 11.0 Å². The van der Waals surface area contributed by atoms with Gasteiger partial charge in [0.25, 0.3) is 0 Å². The highest BCUT2D eigenvalue weighted by Crippen LogP contribution is 2.23. The number of nitrogens with one attached hydrogen (secondary N) is 2. The summed E-state index contributed by atoms with van der Waals surface area (Å²) in [6, 6.07) is 5.26. The second-order valence-electron chi connectivity index (χ2n) is 4.48. The molecule has 0 bridgehead atoms. The number of fused-ring (bicyclic) bond motifs is 1. The molecule has 0 radical (unpaired) electrons. The lowest BCUT2D eigenvalue weighted by molar-refractivity contribution is 0.368. The molecule has 0 saturated carbocycles. The summed E-state index contributed by atoms with van der Waals surface area (Å²) in [5.74, 6) is 0.177. The number of hydrogen-bond donors (Lipinski definition) is 3. The minimum absolute atomic E-state index is 0.0856. The Labute approximate surface area is 98.1 Å². The maximum absolute atomic E-state index is 12.0. The zero-order chi connectivity index (χ0) is 11.8. The quantitative estimate of drug-likeness (QED) is 0.687. The first-order valence-corrected chi connectivity index (χ1v) is 5.89. The van der Waals surface area contributed by atoms with Gasteiger partial charge in [-0.15, -0.1) is 0 Å². The smallest absolute Gasteiger partial charge is 0.326 e. The maximum atomic E-state index is 12.0. The van der Waals surface area contributed by atoms with Crippen LogP contribution in [0.15, 0.2) is 23.0 Å². The van der Waals surface area contributed by atoms with Gasteiger partial charge in [0, 0.05) is 12.1 Å². The maximum Gasteiger partial charge on any atom is 0.326 e. The number of rotatable bonds is 1. The number of aromatic amines is 1. The molecule has 0 aliphatic carbocycles. The highest BCUT2D eigenvalue weighted by molar-refractivity contribution is 5.77. The standard InChI is InChI=1S/C12H15N3O2/c16-9-1-2-11-10(7-9)14-12(17)15(11)8-3-5-13-6-4-8/h1-2,7-8,13,16H,3-6H2,(H,14,17). The Hall–Kier alpha value is -1.75. The van der Waals surface area contributed by atoms with Crippen LogP contribution in [0.3, 0.4) is 0 Å². The molecule has 0 atom stereocenters. The lowest BCUT2D eigenvalue weighted by Crippen LogP contribution is -2.33. The van der Waals surface area contributed by atoms with Crippen LogP contribution in [-0.2, 0) is 0 Å². The molecule has 1 aliphatic rings. The molecule has 0 spiro atoms. The van der Waals surface area contributed by atoms with Gasteiger partial charge in [0.05, 0.1) is 11.0 Å². The van der Waals surface area contributed by atoms with Gasteiger partial charge in [0.2, 0.25) is 0 Å². The zero-order valence-electron chi connectivity index (χ0n) is 9.44. The Morgan fingerprint density at radius 2 is 2.06 bits per heavy atom. The van der Waals surface area contributed by atoms with E-state index in [2.05, 4.69) is 10.3 Å². The predicted molar refractivity (Wildman–Crippen MR) is 65.4 cm³/mol. The average molecular weight is 233 g/mol. The van der Waals surface area contributed by atoms with Crippen LogP contribution in [-0.4, -0.2) is 27.7 Å².